The van der Waals surface area contributed by atoms with Crippen LogP contribution in [0.15, 0.2) is 23.2 Å². The lowest BCUT2D eigenvalue weighted by Crippen LogP contribution is -2.54. The van der Waals surface area contributed by atoms with Gasteiger partial charge in [0.05, 0.1) is 32.1 Å². The third kappa shape index (κ3) is 4.20. The summed E-state index contributed by atoms with van der Waals surface area (Å²) in [6, 6.07) is 5.62. The van der Waals surface area contributed by atoms with E-state index in [4.69, 9.17) is 19.9 Å². The molecule has 2 rings (SSSR count). The van der Waals surface area contributed by atoms with E-state index in [0.717, 1.165) is 17.9 Å². The second-order valence-electron chi connectivity index (χ2n) is 6.00. The topological polar surface area (TPSA) is 78.1 Å². The molecular weight excluding hydrogens is 409 g/mol. The third-order valence-electron chi connectivity index (χ3n) is 4.37. The first-order valence-electron chi connectivity index (χ1n) is 7.27. The zero-order chi connectivity index (χ0) is 16.3. The predicted molar refractivity (Wildman–Crippen MR) is 103 cm³/mol. The number of ether oxygens (including phenoxy) is 3. The zero-order valence-corrected chi connectivity index (χ0v) is 16.6. The van der Waals surface area contributed by atoms with Crippen LogP contribution in [0.3, 0.4) is 0 Å². The largest absolute Gasteiger partial charge is 0.497 e. The van der Waals surface area contributed by atoms with Gasteiger partial charge in [0.2, 0.25) is 0 Å². The quantitative estimate of drug-likeness (QED) is 0.423. The zero-order valence-electron chi connectivity index (χ0n) is 14.3. The van der Waals surface area contributed by atoms with E-state index in [9.17, 15) is 0 Å². The average Bonchev–Trinajstić information content (AvgIpc) is 2.50. The molecule has 0 aromatic heterocycles. The van der Waals surface area contributed by atoms with E-state index in [1.165, 1.54) is 0 Å². The van der Waals surface area contributed by atoms with Crippen LogP contribution in [0, 0.1) is 5.41 Å². The summed E-state index contributed by atoms with van der Waals surface area (Å²) in [5.41, 5.74) is 6.75. The van der Waals surface area contributed by atoms with Gasteiger partial charge in [-0.05, 0) is 18.6 Å². The van der Waals surface area contributed by atoms with Gasteiger partial charge in [0.1, 0.15) is 11.5 Å². The highest BCUT2D eigenvalue weighted by atomic mass is 127. The van der Waals surface area contributed by atoms with Gasteiger partial charge >= 0.3 is 0 Å². The van der Waals surface area contributed by atoms with Crippen LogP contribution in [0.4, 0.5) is 5.69 Å². The van der Waals surface area contributed by atoms with E-state index < -0.39 is 0 Å². The fourth-order valence-electron chi connectivity index (χ4n) is 2.73. The number of anilines is 1. The maximum Gasteiger partial charge on any atom is 0.193 e. The molecule has 1 aromatic carbocycles. The molecule has 1 fully saturated rings. The molecule has 3 N–H and O–H groups in total. The minimum Gasteiger partial charge on any atom is -0.497 e. The van der Waals surface area contributed by atoms with Gasteiger partial charge in [-0.15, -0.1) is 24.0 Å². The molecule has 0 heterocycles. The fourth-order valence-corrected chi connectivity index (χ4v) is 2.73. The van der Waals surface area contributed by atoms with E-state index in [0.29, 0.717) is 11.7 Å². The van der Waals surface area contributed by atoms with Crippen molar-refractivity contribution in [2.45, 2.75) is 32.4 Å². The number of methoxy groups -OCH3 is 3. The second-order valence-corrected chi connectivity index (χ2v) is 6.00. The number of hydrogen-bond acceptors (Lipinski definition) is 4. The Morgan fingerprint density at radius 1 is 1.26 bits per heavy atom. The molecule has 0 radical (unpaired) electrons. The van der Waals surface area contributed by atoms with Gasteiger partial charge in [-0.25, -0.2) is 4.99 Å². The minimum atomic E-state index is -0.0144. The van der Waals surface area contributed by atoms with Gasteiger partial charge in [-0.1, -0.05) is 13.8 Å². The van der Waals surface area contributed by atoms with Gasteiger partial charge < -0.3 is 25.3 Å². The summed E-state index contributed by atoms with van der Waals surface area (Å²) in [6.45, 7) is 4.27. The first-order valence-corrected chi connectivity index (χ1v) is 7.27. The Labute approximate surface area is 154 Å². The summed E-state index contributed by atoms with van der Waals surface area (Å²) < 4.78 is 16.0. The summed E-state index contributed by atoms with van der Waals surface area (Å²) >= 11 is 0. The standard InChI is InChI=1S/C16H25N3O3.HI/c1-16(2)13(9-14(16)22-5)19-15(17)18-11-8-10(20-3)6-7-12(11)21-4;/h6-8,13-14H,9H2,1-5H3,(H3,17,18,19);1H. The van der Waals surface area contributed by atoms with E-state index in [1.54, 1.807) is 21.3 Å². The molecule has 0 bridgehead atoms. The van der Waals surface area contributed by atoms with Crippen LogP contribution in [-0.2, 0) is 4.74 Å². The summed E-state index contributed by atoms with van der Waals surface area (Å²) in [6.07, 6.45) is 1.10. The Morgan fingerprint density at radius 3 is 2.48 bits per heavy atom. The number of halogens is 1. The van der Waals surface area contributed by atoms with Gasteiger partial charge in [-0.3, -0.25) is 0 Å². The Morgan fingerprint density at radius 2 is 1.96 bits per heavy atom. The summed E-state index contributed by atoms with van der Waals surface area (Å²) in [7, 11) is 4.96. The number of rotatable bonds is 5. The molecule has 1 aromatic rings. The Hall–Kier alpha value is -1.22. The number of nitrogens with two attached hydrogens (primary N) is 1. The lowest BCUT2D eigenvalue weighted by molar-refractivity contribution is -0.0850. The van der Waals surface area contributed by atoms with Crippen LogP contribution in [0.5, 0.6) is 11.5 Å². The van der Waals surface area contributed by atoms with Crippen molar-refractivity contribution in [3.8, 4) is 11.5 Å². The van der Waals surface area contributed by atoms with Crippen LogP contribution < -0.4 is 20.5 Å². The molecule has 23 heavy (non-hydrogen) atoms. The maximum absolute atomic E-state index is 6.04. The summed E-state index contributed by atoms with van der Waals surface area (Å²) in [4.78, 5) is 4.57. The Kier molecular flexibility index (Phi) is 6.94. The Balaban J connectivity index is 0.00000264. The van der Waals surface area contributed by atoms with Crippen molar-refractivity contribution in [1.29, 1.82) is 0 Å². The third-order valence-corrected chi connectivity index (χ3v) is 4.37. The number of benzene rings is 1. The van der Waals surface area contributed by atoms with Gasteiger partial charge in [-0.2, -0.15) is 0 Å². The number of nitrogens with one attached hydrogen (secondary N) is 1. The lowest BCUT2D eigenvalue weighted by atomic mass is 9.65. The van der Waals surface area contributed by atoms with Crippen LogP contribution in [0.2, 0.25) is 0 Å². The highest BCUT2D eigenvalue weighted by Gasteiger charge is 2.48. The van der Waals surface area contributed by atoms with Crippen molar-refractivity contribution in [1.82, 2.24) is 0 Å². The number of aliphatic imine (C=N–C) groups is 1. The molecule has 0 saturated heterocycles. The molecule has 2 atom stereocenters. The molecule has 7 heteroatoms. The summed E-state index contributed by atoms with van der Waals surface area (Å²) in [5.74, 6) is 1.76. The van der Waals surface area contributed by atoms with E-state index >= 15 is 0 Å². The van der Waals surface area contributed by atoms with Gasteiger partial charge in [0.25, 0.3) is 0 Å². The molecule has 1 aliphatic carbocycles. The highest BCUT2D eigenvalue weighted by Crippen LogP contribution is 2.44. The minimum absolute atomic E-state index is 0. The van der Waals surface area contributed by atoms with Crippen LogP contribution in [-0.4, -0.2) is 39.4 Å². The molecule has 6 nitrogen and oxygen atoms in total. The molecule has 2 unspecified atom stereocenters. The highest BCUT2D eigenvalue weighted by molar-refractivity contribution is 14.0. The molecular formula is C16H26IN3O3. The Bertz CT molecular complexity index is 564. The number of hydrogen-bond donors (Lipinski definition) is 2. The normalized spacial score (nSPS) is 22.6. The molecule has 0 spiro atoms. The molecule has 1 aliphatic rings. The monoisotopic (exact) mass is 435 g/mol. The number of guanidine groups is 1. The maximum atomic E-state index is 6.04. The van der Waals surface area contributed by atoms with Crippen molar-refractivity contribution in [3.05, 3.63) is 18.2 Å². The van der Waals surface area contributed by atoms with Crippen molar-refractivity contribution < 1.29 is 14.2 Å². The van der Waals surface area contributed by atoms with E-state index in [1.807, 2.05) is 18.2 Å². The van der Waals surface area contributed by atoms with Crippen molar-refractivity contribution >= 4 is 35.6 Å². The van der Waals surface area contributed by atoms with Crippen molar-refractivity contribution in [2.24, 2.45) is 16.1 Å². The molecule has 0 aliphatic heterocycles. The average molecular weight is 435 g/mol. The fraction of sp³-hybridized carbons (Fsp3) is 0.562. The lowest BCUT2D eigenvalue weighted by Gasteiger charge is -2.48. The van der Waals surface area contributed by atoms with E-state index in [2.05, 4.69) is 24.2 Å². The molecule has 0 amide bonds. The van der Waals surface area contributed by atoms with E-state index in [-0.39, 0.29) is 41.5 Å². The van der Waals surface area contributed by atoms with Crippen molar-refractivity contribution in [3.63, 3.8) is 0 Å². The molecule has 130 valence electrons. The smallest absolute Gasteiger partial charge is 0.193 e. The first kappa shape index (κ1) is 19.8. The SMILES string of the molecule is COc1ccc(OC)c(NC(N)=NC2CC(OC)C2(C)C)c1.I. The predicted octanol–water partition coefficient (Wildman–Crippen LogP) is 2.86. The first-order chi connectivity index (χ1) is 10.4. The van der Waals surface area contributed by atoms with Crippen LogP contribution in [0.25, 0.3) is 0 Å². The summed E-state index contributed by atoms with van der Waals surface area (Å²) in [5, 5.41) is 3.09. The van der Waals surface area contributed by atoms with Crippen LogP contribution in [0.1, 0.15) is 20.3 Å². The van der Waals surface area contributed by atoms with Gasteiger partial charge in [0, 0.05) is 18.6 Å². The molecule has 1 saturated carbocycles. The van der Waals surface area contributed by atoms with Crippen molar-refractivity contribution in [2.75, 3.05) is 26.6 Å². The van der Waals surface area contributed by atoms with Gasteiger partial charge in [0.15, 0.2) is 5.96 Å². The number of nitrogens with zero attached hydrogens (tertiary/aromatic N) is 1. The van der Waals surface area contributed by atoms with Crippen LogP contribution >= 0.6 is 24.0 Å². The second kappa shape index (κ2) is 8.05.